The molecule has 0 atom stereocenters. The van der Waals surface area contributed by atoms with Crippen molar-refractivity contribution in [1.82, 2.24) is 9.97 Å². The zero-order valence-electron chi connectivity index (χ0n) is 12.8. The lowest BCUT2D eigenvalue weighted by molar-refractivity contribution is 0.398. The SMILES string of the molecule is COc1ccc2[nH]cc(C(C#N)=Cc3ccc(OC)nc3)c2c1. The zero-order chi connectivity index (χ0) is 16.2. The molecule has 23 heavy (non-hydrogen) atoms. The average Bonchev–Trinajstić information content (AvgIpc) is 3.03. The summed E-state index contributed by atoms with van der Waals surface area (Å²) in [6.07, 6.45) is 5.30. The summed E-state index contributed by atoms with van der Waals surface area (Å²) >= 11 is 0. The van der Waals surface area contributed by atoms with Gasteiger partial charge in [0.2, 0.25) is 5.88 Å². The maximum absolute atomic E-state index is 9.54. The number of nitriles is 1. The van der Waals surface area contributed by atoms with Gasteiger partial charge in [0.15, 0.2) is 0 Å². The van der Waals surface area contributed by atoms with E-state index in [0.29, 0.717) is 11.5 Å². The van der Waals surface area contributed by atoms with Crippen molar-refractivity contribution in [2.75, 3.05) is 14.2 Å². The van der Waals surface area contributed by atoms with Gasteiger partial charge in [-0.25, -0.2) is 4.98 Å². The Morgan fingerprint density at radius 2 is 2.09 bits per heavy atom. The maximum atomic E-state index is 9.54. The first-order valence-corrected chi connectivity index (χ1v) is 7.02. The summed E-state index contributed by atoms with van der Waals surface area (Å²) in [6, 6.07) is 11.6. The molecule has 0 radical (unpaired) electrons. The Hall–Kier alpha value is -3.26. The van der Waals surface area contributed by atoms with E-state index in [1.54, 1.807) is 32.6 Å². The van der Waals surface area contributed by atoms with Gasteiger partial charge in [-0.2, -0.15) is 5.26 Å². The number of hydrogen-bond acceptors (Lipinski definition) is 4. The molecule has 0 saturated heterocycles. The highest BCUT2D eigenvalue weighted by atomic mass is 16.5. The van der Waals surface area contributed by atoms with Crippen LogP contribution in [0.15, 0.2) is 42.7 Å². The van der Waals surface area contributed by atoms with E-state index in [4.69, 9.17) is 9.47 Å². The van der Waals surface area contributed by atoms with Gasteiger partial charge in [-0.15, -0.1) is 0 Å². The van der Waals surface area contributed by atoms with Crippen molar-refractivity contribution in [3.05, 3.63) is 53.9 Å². The number of H-pyrrole nitrogens is 1. The van der Waals surface area contributed by atoms with Crippen molar-refractivity contribution in [3.8, 4) is 17.7 Å². The summed E-state index contributed by atoms with van der Waals surface area (Å²) < 4.78 is 10.3. The molecule has 0 unspecified atom stereocenters. The molecular formula is C18H15N3O2. The average molecular weight is 305 g/mol. The molecule has 0 aliphatic rings. The van der Waals surface area contributed by atoms with E-state index in [-0.39, 0.29) is 0 Å². The number of nitrogens with zero attached hydrogens (tertiary/aromatic N) is 2. The van der Waals surface area contributed by atoms with E-state index in [1.165, 1.54) is 0 Å². The minimum absolute atomic E-state index is 0.539. The van der Waals surface area contributed by atoms with Crippen molar-refractivity contribution in [2.45, 2.75) is 0 Å². The van der Waals surface area contributed by atoms with Crippen LogP contribution in [0, 0.1) is 11.3 Å². The number of methoxy groups -OCH3 is 2. The van der Waals surface area contributed by atoms with Gasteiger partial charge in [-0.3, -0.25) is 0 Å². The van der Waals surface area contributed by atoms with Crippen molar-refractivity contribution in [1.29, 1.82) is 5.26 Å². The Bertz CT molecular complexity index is 902. The molecule has 0 aliphatic heterocycles. The summed E-state index contributed by atoms with van der Waals surface area (Å²) in [6.45, 7) is 0. The summed E-state index contributed by atoms with van der Waals surface area (Å²) in [5, 5.41) is 10.5. The zero-order valence-corrected chi connectivity index (χ0v) is 12.8. The largest absolute Gasteiger partial charge is 0.497 e. The number of rotatable bonds is 4. The Kier molecular flexibility index (Phi) is 3.98. The summed E-state index contributed by atoms with van der Waals surface area (Å²) in [4.78, 5) is 7.33. The summed E-state index contributed by atoms with van der Waals surface area (Å²) in [5.74, 6) is 1.29. The molecule has 0 bridgehead atoms. The molecule has 3 rings (SSSR count). The highest BCUT2D eigenvalue weighted by Crippen LogP contribution is 2.29. The van der Waals surface area contributed by atoms with E-state index in [9.17, 15) is 5.26 Å². The van der Waals surface area contributed by atoms with Crippen LogP contribution in [0.1, 0.15) is 11.1 Å². The topological polar surface area (TPSA) is 70.9 Å². The number of fused-ring (bicyclic) bond motifs is 1. The highest BCUT2D eigenvalue weighted by molar-refractivity contribution is 6.01. The van der Waals surface area contributed by atoms with Gasteiger partial charge in [0.25, 0.3) is 0 Å². The van der Waals surface area contributed by atoms with Crippen LogP contribution >= 0.6 is 0 Å². The first kappa shape index (κ1) is 14.7. The monoisotopic (exact) mass is 305 g/mol. The number of aromatic amines is 1. The van der Waals surface area contributed by atoms with Crippen LogP contribution in [0.5, 0.6) is 11.6 Å². The molecule has 1 aromatic carbocycles. The Morgan fingerprint density at radius 1 is 1.22 bits per heavy atom. The molecule has 0 fully saturated rings. The third-order valence-corrected chi connectivity index (χ3v) is 3.58. The smallest absolute Gasteiger partial charge is 0.212 e. The number of allylic oxidation sites excluding steroid dienone is 1. The summed E-state index contributed by atoms with van der Waals surface area (Å²) in [7, 11) is 3.19. The molecule has 2 heterocycles. The molecule has 0 saturated carbocycles. The first-order valence-electron chi connectivity index (χ1n) is 7.02. The third-order valence-electron chi connectivity index (χ3n) is 3.58. The number of hydrogen-bond donors (Lipinski definition) is 1. The lowest BCUT2D eigenvalue weighted by atomic mass is 10.0. The fourth-order valence-electron chi connectivity index (χ4n) is 2.38. The molecule has 3 aromatic rings. The predicted octanol–water partition coefficient (Wildman–Crippen LogP) is 3.64. The van der Waals surface area contributed by atoms with Crippen LogP contribution < -0.4 is 9.47 Å². The van der Waals surface area contributed by atoms with Crippen molar-refractivity contribution >= 4 is 22.6 Å². The molecule has 0 amide bonds. The third kappa shape index (κ3) is 2.87. The van der Waals surface area contributed by atoms with Gasteiger partial charge in [0, 0.05) is 34.9 Å². The van der Waals surface area contributed by atoms with Crippen molar-refractivity contribution < 1.29 is 9.47 Å². The fraction of sp³-hybridized carbons (Fsp3) is 0.111. The van der Waals surface area contributed by atoms with Crippen molar-refractivity contribution in [2.24, 2.45) is 0 Å². The second kappa shape index (κ2) is 6.24. The second-order valence-corrected chi connectivity index (χ2v) is 4.92. The molecule has 114 valence electrons. The quantitative estimate of drug-likeness (QED) is 0.747. The Labute approximate surface area is 133 Å². The number of nitrogens with one attached hydrogen (secondary N) is 1. The standard InChI is InChI=1S/C18H15N3O2/c1-22-14-4-5-17-15(8-14)16(11-20-17)13(9-19)7-12-3-6-18(23-2)21-10-12/h3-8,10-11,20H,1-2H3. The molecule has 1 N–H and O–H groups in total. The van der Waals surface area contributed by atoms with Gasteiger partial charge in [0.05, 0.1) is 25.9 Å². The normalized spacial score (nSPS) is 11.3. The lowest BCUT2D eigenvalue weighted by Crippen LogP contribution is -1.87. The van der Waals surface area contributed by atoms with Gasteiger partial charge >= 0.3 is 0 Å². The minimum atomic E-state index is 0.539. The van der Waals surface area contributed by atoms with E-state index < -0.39 is 0 Å². The number of benzene rings is 1. The maximum Gasteiger partial charge on any atom is 0.212 e. The first-order chi connectivity index (χ1) is 11.2. The summed E-state index contributed by atoms with van der Waals surface area (Å²) in [5.41, 5.74) is 3.17. The Morgan fingerprint density at radius 3 is 2.74 bits per heavy atom. The number of pyridine rings is 1. The van der Waals surface area contributed by atoms with E-state index in [2.05, 4.69) is 16.0 Å². The van der Waals surface area contributed by atoms with Crippen LogP contribution in [0.4, 0.5) is 0 Å². The molecule has 0 spiro atoms. The van der Waals surface area contributed by atoms with Gasteiger partial charge in [-0.05, 0) is 35.9 Å². The van der Waals surface area contributed by atoms with E-state index in [0.717, 1.165) is 27.8 Å². The second-order valence-electron chi connectivity index (χ2n) is 4.92. The number of aromatic nitrogens is 2. The lowest BCUT2D eigenvalue weighted by Gasteiger charge is -2.02. The van der Waals surface area contributed by atoms with Gasteiger partial charge in [-0.1, -0.05) is 0 Å². The van der Waals surface area contributed by atoms with Gasteiger partial charge in [0.1, 0.15) is 5.75 Å². The highest BCUT2D eigenvalue weighted by Gasteiger charge is 2.10. The van der Waals surface area contributed by atoms with Crippen LogP contribution in [-0.4, -0.2) is 24.2 Å². The fourth-order valence-corrected chi connectivity index (χ4v) is 2.38. The van der Waals surface area contributed by atoms with Crippen molar-refractivity contribution in [3.63, 3.8) is 0 Å². The molecule has 2 aromatic heterocycles. The van der Waals surface area contributed by atoms with E-state index >= 15 is 0 Å². The molecule has 5 heteroatoms. The van der Waals surface area contributed by atoms with Crippen LogP contribution in [0.25, 0.3) is 22.6 Å². The van der Waals surface area contributed by atoms with Gasteiger partial charge < -0.3 is 14.5 Å². The van der Waals surface area contributed by atoms with Crippen LogP contribution in [0.2, 0.25) is 0 Å². The number of ether oxygens (including phenoxy) is 2. The molecule has 5 nitrogen and oxygen atoms in total. The molecule has 0 aliphatic carbocycles. The Balaban J connectivity index is 2.06. The molecular weight excluding hydrogens is 290 g/mol. The predicted molar refractivity (Wildman–Crippen MR) is 89.1 cm³/mol. The van der Waals surface area contributed by atoms with E-state index in [1.807, 2.05) is 30.5 Å². The van der Waals surface area contributed by atoms with Crippen LogP contribution in [0.3, 0.4) is 0 Å². The minimum Gasteiger partial charge on any atom is -0.497 e. The van der Waals surface area contributed by atoms with Crippen LogP contribution in [-0.2, 0) is 0 Å².